The minimum atomic E-state index is 0.0391. The number of nitrogens with zero attached hydrogens (tertiary/aromatic N) is 7. The van der Waals surface area contributed by atoms with Crippen molar-refractivity contribution < 1.29 is 0 Å². The molecule has 0 bridgehead atoms. The molecular formula is C20H32N8O. The van der Waals surface area contributed by atoms with E-state index in [0.29, 0.717) is 18.5 Å². The van der Waals surface area contributed by atoms with Crippen molar-refractivity contribution in [2.24, 2.45) is 10.9 Å². The Morgan fingerprint density at radius 2 is 2.24 bits per heavy atom. The molecule has 0 radical (unpaired) electrons. The third-order valence-electron chi connectivity index (χ3n) is 6.20. The summed E-state index contributed by atoms with van der Waals surface area (Å²) in [5.41, 5.74) is 0.0391. The summed E-state index contributed by atoms with van der Waals surface area (Å²) < 4.78 is 5.67. The Hall–Kier alpha value is -2.58. The summed E-state index contributed by atoms with van der Waals surface area (Å²) in [5, 5.41) is 7.99. The number of imidazole rings is 1. The van der Waals surface area contributed by atoms with Gasteiger partial charge in [0.25, 0.3) is 0 Å². The van der Waals surface area contributed by atoms with Gasteiger partial charge in [-0.2, -0.15) is 5.10 Å². The van der Waals surface area contributed by atoms with Crippen LogP contribution >= 0.6 is 0 Å². The van der Waals surface area contributed by atoms with Crippen LogP contribution in [0.5, 0.6) is 0 Å². The van der Waals surface area contributed by atoms with Crippen LogP contribution in [0.2, 0.25) is 0 Å². The van der Waals surface area contributed by atoms with E-state index in [1.807, 2.05) is 30.3 Å². The molecule has 29 heavy (non-hydrogen) atoms. The Balaban J connectivity index is 1.30. The zero-order chi connectivity index (χ0) is 20.2. The van der Waals surface area contributed by atoms with Gasteiger partial charge in [-0.25, -0.2) is 14.5 Å². The molecule has 9 heteroatoms. The number of guanidine groups is 1. The average Bonchev–Trinajstić information content (AvgIpc) is 3.38. The van der Waals surface area contributed by atoms with Crippen LogP contribution in [0.1, 0.15) is 44.5 Å². The van der Waals surface area contributed by atoms with Crippen LogP contribution in [0.3, 0.4) is 0 Å². The van der Waals surface area contributed by atoms with Crippen LogP contribution in [0.4, 0.5) is 0 Å². The fraction of sp³-hybridized carbons (Fsp3) is 0.700. The van der Waals surface area contributed by atoms with E-state index in [9.17, 15) is 4.79 Å². The maximum Gasteiger partial charge on any atom is 0.345 e. The van der Waals surface area contributed by atoms with Gasteiger partial charge in [0.15, 0.2) is 5.96 Å². The Morgan fingerprint density at radius 3 is 3.00 bits per heavy atom. The second-order valence-corrected chi connectivity index (χ2v) is 8.15. The number of fused-ring (bicyclic) bond motifs is 1. The summed E-state index contributed by atoms with van der Waals surface area (Å²) >= 11 is 0. The molecule has 0 saturated carbocycles. The zero-order valence-corrected chi connectivity index (χ0v) is 17.5. The SMILES string of the molecule is CN=C(NCCCn1nc2n(c1=O)CCCC2)N1CCC(C)C(n2ccnc2)C1. The minimum absolute atomic E-state index is 0.0391. The lowest BCUT2D eigenvalue weighted by molar-refractivity contribution is 0.189. The van der Waals surface area contributed by atoms with Crippen molar-refractivity contribution in [2.75, 3.05) is 26.7 Å². The molecular weight excluding hydrogens is 368 g/mol. The first-order chi connectivity index (χ1) is 14.2. The highest BCUT2D eigenvalue weighted by Crippen LogP contribution is 2.27. The molecule has 0 spiro atoms. The van der Waals surface area contributed by atoms with Crippen molar-refractivity contribution in [1.82, 2.24) is 34.1 Å². The van der Waals surface area contributed by atoms with Crippen molar-refractivity contribution in [3.63, 3.8) is 0 Å². The fourth-order valence-electron chi connectivity index (χ4n) is 4.45. The van der Waals surface area contributed by atoms with Crippen molar-refractivity contribution in [1.29, 1.82) is 0 Å². The normalized spacial score (nSPS) is 22.6. The third-order valence-corrected chi connectivity index (χ3v) is 6.20. The largest absolute Gasteiger partial charge is 0.356 e. The Labute approximate surface area is 171 Å². The molecule has 2 aromatic heterocycles. The highest BCUT2D eigenvalue weighted by Gasteiger charge is 2.28. The number of nitrogens with one attached hydrogen (secondary N) is 1. The standard InChI is InChI=1S/C20H32N8O/c1-16-7-12-25(14-17(16)26-13-9-22-15-26)19(21-2)23-8-5-11-28-20(29)27-10-4-3-6-18(27)24-28/h9,13,15-17H,3-8,10-12,14H2,1-2H3,(H,21,23). The van der Waals surface area contributed by atoms with Crippen LogP contribution in [-0.2, 0) is 19.5 Å². The number of aromatic nitrogens is 5. The predicted octanol–water partition coefficient (Wildman–Crippen LogP) is 1.13. The molecule has 1 N–H and O–H groups in total. The topological polar surface area (TPSA) is 85.3 Å². The molecule has 4 heterocycles. The summed E-state index contributed by atoms with van der Waals surface area (Å²) in [4.78, 5) is 23.4. The molecule has 0 aliphatic carbocycles. The molecule has 2 aliphatic heterocycles. The quantitative estimate of drug-likeness (QED) is 0.462. The number of aryl methyl sites for hydroxylation is 2. The van der Waals surface area contributed by atoms with E-state index in [0.717, 1.165) is 70.1 Å². The van der Waals surface area contributed by atoms with Gasteiger partial charge < -0.3 is 14.8 Å². The lowest BCUT2D eigenvalue weighted by Gasteiger charge is -2.39. The fourth-order valence-corrected chi connectivity index (χ4v) is 4.45. The Bertz CT molecular complexity index is 881. The molecule has 0 amide bonds. The van der Waals surface area contributed by atoms with Crippen LogP contribution in [-0.4, -0.2) is 61.4 Å². The number of hydrogen-bond donors (Lipinski definition) is 1. The van der Waals surface area contributed by atoms with E-state index in [-0.39, 0.29) is 5.69 Å². The van der Waals surface area contributed by atoms with E-state index < -0.39 is 0 Å². The van der Waals surface area contributed by atoms with Crippen LogP contribution in [0, 0.1) is 5.92 Å². The van der Waals surface area contributed by atoms with Gasteiger partial charge in [-0.3, -0.25) is 9.56 Å². The first-order valence-electron chi connectivity index (χ1n) is 10.8. The average molecular weight is 401 g/mol. The molecule has 158 valence electrons. The number of piperidine rings is 1. The van der Waals surface area contributed by atoms with E-state index in [1.54, 1.807) is 4.68 Å². The van der Waals surface area contributed by atoms with Gasteiger partial charge in [0, 0.05) is 58.6 Å². The summed E-state index contributed by atoms with van der Waals surface area (Å²) in [7, 11) is 1.83. The van der Waals surface area contributed by atoms with Gasteiger partial charge in [0.2, 0.25) is 0 Å². The third kappa shape index (κ3) is 4.23. The number of hydrogen-bond acceptors (Lipinski definition) is 4. The molecule has 9 nitrogen and oxygen atoms in total. The minimum Gasteiger partial charge on any atom is -0.356 e. The van der Waals surface area contributed by atoms with Crippen LogP contribution in [0.15, 0.2) is 28.5 Å². The van der Waals surface area contributed by atoms with E-state index >= 15 is 0 Å². The first kappa shape index (κ1) is 19.7. The summed E-state index contributed by atoms with van der Waals surface area (Å²) in [5.74, 6) is 2.48. The number of aliphatic imine (C=N–C) groups is 1. The van der Waals surface area contributed by atoms with Crippen LogP contribution in [0.25, 0.3) is 0 Å². The first-order valence-corrected chi connectivity index (χ1v) is 10.8. The summed E-state index contributed by atoms with van der Waals surface area (Å²) in [6.45, 7) is 6.44. The highest BCUT2D eigenvalue weighted by molar-refractivity contribution is 5.80. The Kier molecular flexibility index (Phi) is 6.01. The molecule has 2 aliphatic rings. The van der Waals surface area contributed by atoms with Gasteiger partial charge in [-0.05, 0) is 31.6 Å². The zero-order valence-electron chi connectivity index (χ0n) is 17.5. The van der Waals surface area contributed by atoms with E-state index in [2.05, 4.69) is 36.8 Å². The van der Waals surface area contributed by atoms with Crippen molar-refractivity contribution >= 4 is 5.96 Å². The molecule has 1 saturated heterocycles. The van der Waals surface area contributed by atoms with Gasteiger partial charge in [-0.1, -0.05) is 6.92 Å². The van der Waals surface area contributed by atoms with Gasteiger partial charge in [0.05, 0.1) is 12.4 Å². The Morgan fingerprint density at radius 1 is 1.34 bits per heavy atom. The maximum absolute atomic E-state index is 12.4. The molecule has 2 atom stereocenters. The molecule has 2 unspecified atom stereocenters. The van der Waals surface area contributed by atoms with Crippen molar-refractivity contribution in [2.45, 2.75) is 58.2 Å². The molecule has 4 rings (SSSR count). The van der Waals surface area contributed by atoms with Gasteiger partial charge in [-0.15, -0.1) is 0 Å². The van der Waals surface area contributed by atoms with Crippen LogP contribution < -0.4 is 11.0 Å². The van der Waals surface area contributed by atoms with Gasteiger partial charge >= 0.3 is 5.69 Å². The molecule has 2 aromatic rings. The number of rotatable bonds is 5. The summed E-state index contributed by atoms with van der Waals surface area (Å²) in [6, 6.07) is 0.403. The van der Waals surface area contributed by atoms with Crippen molar-refractivity contribution in [3.05, 3.63) is 35.0 Å². The highest BCUT2D eigenvalue weighted by atomic mass is 16.2. The van der Waals surface area contributed by atoms with Gasteiger partial charge in [0.1, 0.15) is 5.82 Å². The monoisotopic (exact) mass is 400 g/mol. The van der Waals surface area contributed by atoms with E-state index in [4.69, 9.17) is 0 Å². The van der Waals surface area contributed by atoms with Crippen molar-refractivity contribution in [3.8, 4) is 0 Å². The second-order valence-electron chi connectivity index (χ2n) is 8.15. The molecule has 1 fully saturated rings. The second kappa shape index (κ2) is 8.84. The molecule has 0 aromatic carbocycles. The number of likely N-dealkylation sites (tertiary alicyclic amines) is 1. The predicted molar refractivity (Wildman–Crippen MR) is 112 cm³/mol. The lowest BCUT2D eigenvalue weighted by atomic mass is 9.93. The van der Waals surface area contributed by atoms with E-state index in [1.165, 1.54) is 0 Å². The summed E-state index contributed by atoms with van der Waals surface area (Å²) in [6.07, 6.45) is 10.9. The smallest absolute Gasteiger partial charge is 0.345 e. The lowest BCUT2D eigenvalue weighted by Crippen LogP contribution is -2.49. The maximum atomic E-state index is 12.4.